The Morgan fingerprint density at radius 3 is 1.80 bits per heavy atom. The van der Waals surface area contributed by atoms with Crippen LogP contribution in [0.15, 0.2) is 12.4 Å². The van der Waals surface area contributed by atoms with Gasteiger partial charge in [-0.25, -0.2) is 0 Å². The molecule has 3 N–H and O–H groups in total. The van der Waals surface area contributed by atoms with Gasteiger partial charge in [-0.15, -0.1) is 0 Å². The molecule has 5 heteroatoms. The third-order valence-corrected chi connectivity index (χ3v) is 2.50. The van der Waals surface area contributed by atoms with Crippen molar-refractivity contribution < 1.29 is 0 Å². The Morgan fingerprint density at radius 1 is 1.00 bits per heavy atom. The highest BCUT2D eigenvalue weighted by Crippen LogP contribution is 2.04. The van der Waals surface area contributed by atoms with Gasteiger partial charge in [-0.3, -0.25) is 10.2 Å². The summed E-state index contributed by atoms with van der Waals surface area (Å²) in [5.41, 5.74) is 4.64. The molecule has 5 nitrogen and oxygen atoms in total. The van der Waals surface area contributed by atoms with Crippen molar-refractivity contribution >= 4 is 0 Å². The van der Waals surface area contributed by atoms with Gasteiger partial charge in [0, 0.05) is 35.6 Å². The second-order valence-electron chi connectivity index (χ2n) is 3.64. The van der Waals surface area contributed by atoms with Crippen molar-refractivity contribution in [3.63, 3.8) is 0 Å². The van der Waals surface area contributed by atoms with E-state index in [9.17, 15) is 0 Å². The zero-order chi connectivity index (χ0) is 10.7. The zero-order valence-electron chi connectivity index (χ0n) is 8.96. The van der Waals surface area contributed by atoms with Crippen molar-refractivity contribution in [1.29, 1.82) is 0 Å². The maximum Gasteiger partial charge on any atom is 0.0535 e. The summed E-state index contributed by atoms with van der Waals surface area (Å²) in [5, 5.41) is 17.1. The summed E-state index contributed by atoms with van der Waals surface area (Å²) in [5.74, 6) is 0. The van der Waals surface area contributed by atoms with Crippen LogP contribution >= 0.6 is 0 Å². The largest absolute Gasteiger partial charge is 0.308 e. The van der Waals surface area contributed by atoms with Crippen LogP contribution in [0.5, 0.6) is 0 Å². The number of hydrogen-bond acceptors (Lipinski definition) is 3. The van der Waals surface area contributed by atoms with Crippen LogP contribution in [0.4, 0.5) is 0 Å². The summed E-state index contributed by atoms with van der Waals surface area (Å²) in [7, 11) is 0. The van der Waals surface area contributed by atoms with Gasteiger partial charge in [0.15, 0.2) is 0 Å². The Hall–Kier alpha value is -1.62. The average Bonchev–Trinajstić information content (AvgIpc) is 2.78. The van der Waals surface area contributed by atoms with Crippen molar-refractivity contribution in [2.75, 3.05) is 0 Å². The third-order valence-electron chi connectivity index (χ3n) is 2.50. The molecule has 0 aromatic carbocycles. The van der Waals surface area contributed by atoms with E-state index in [4.69, 9.17) is 0 Å². The number of nitrogens with zero attached hydrogens (tertiary/aromatic N) is 2. The van der Waals surface area contributed by atoms with E-state index < -0.39 is 0 Å². The summed E-state index contributed by atoms with van der Waals surface area (Å²) < 4.78 is 0. The number of H-pyrrole nitrogens is 2. The summed E-state index contributed by atoms with van der Waals surface area (Å²) >= 11 is 0. The van der Waals surface area contributed by atoms with Gasteiger partial charge in [-0.1, -0.05) is 0 Å². The topological polar surface area (TPSA) is 69.4 Å². The van der Waals surface area contributed by atoms with Crippen LogP contribution in [0.1, 0.15) is 22.5 Å². The van der Waals surface area contributed by atoms with E-state index in [0.717, 1.165) is 24.5 Å². The highest BCUT2D eigenvalue weighted by atomic mass is 15.1. The molecule has 2 aromatic rings. The molecule has 0 aliphatic carbocycles. The van der Waals surface area contributed by atoms with Crippen molar-refractivity contribution in [3.05, 3.63) is 34.9 Å². The molecule has 15 heavy (non-hydrogen) atoms. The van der Waals surface area contributed by atoms with Crippen molar-refractivity contribution in [2.24, 2.45) is 0 Å². The Morgan fingerprint density at radius 2 is 1.47 bits per heavy atom. The molecule has 0 aliphatic heterocycles. The van der Waals surface area contributed by atoms with Crippen LogP contribution in [0.25, 0.3) is 0 Å². The molecule has 80 valence electrons. The number of nitrogens with one attached hydrogen (secondary N) is 3. The number of aromatic nitrogens is 4. The highest BCUT2D eigenvalue weighted by Gasteiger charge is 2.02. The van der Waals surface area contributed by atoms with Gasteiger partial charge >= 0.3 is 0 Å². The molecule has 0 unspecified atom stereocenters. The lowest BCUT2D eigenvalue weighted by Gasteiger charge is -2.02. The predicted octanol–water partition coefficient (Wildman–Crippen LogP) is 1.04. The minimum absolute atomic E-state index is 0.826. The summed E-state index contributed by atoms with van der Waals surface area (Å²) in [4.78, 5) is 0. The van der Waals surface area contributed by atoms with Gasteiger partial charge in [0.05, 0.1) is 12.4 Å². The van der Waals surface area contributed by atoms with E-state index in [1.54, 1.807) is 0 Å². The van der Waals surface area contributed by atoms with E-state index in [1.165, 1.54) is 11.1 Å². The van der Waals surface area contributed by atoms with Crippen LogP contribution in [0.3, 0.4) is 0 Å². The number of aryl methyl sites for hydroxylation is 2. The van der Waals surface area contributed by atoms with E-state index in [1.807, 2.05) is 26.2 Å². The first-order valence-electron chi connectivity index (χ1n) is 4.96. The van der Waals surface area contributed by atoms with Gasteiger partial charge in [-0.05, 0) is 13.8 Å². The molecule has 0 atom stereocenters. The van der Waals surface area contributed by atoms with Gasteiger partial charge in [0.25, 0.3) is 0 Å². The summed E-state index contributed by atoms with van der Waals surface area (Å²) in [6.07, 6.45) is 3.70. The summed E-state index contributed by atoms with van der Waals surface area (Å²) in [6, 6.07) is 0. The molecular weight excluding hydrogens is 190 g/mol. The molecule has 0 amide bonds. The fraction of sp³-hybridized carbons (Fsp3) is 0.400. The minimum atomic E-state index is 0.826. The van der Waals surface area contributed by atoms with Crippen molar-refractivity contribution in [1.82, 2.24) is 25.7 Å². The normalized spacial score (nSPS) is 10.8. The van der Waals surface area contributed by atoms with E-state index >= 15 is 0 Å². The molecule has 0 saturated carbocycles. The fourth-order valence-corrected chi connectivity index (χ4v) is 1.44. The van der Waals surface area contributed by atoms with Gasteiger partial charge in [0.2, 0.25) is 0 Å². The Labute approximate surface area is 88.3 Å². The Bertz CT molecular complexity index is 388. The standard InChI is InChI=1S/C10H15N5/c1-7-9(5-12-14-7)3-11-4-10-6-13-15-8(10)2/h5-6,11H,3-4H2,1-2H3,(H,12,14)(H,13,15). The number of aromatic amines is 2. The predicted molar refractivity (Wildman–Crippen MR) is 57.2 cm³/mol. The lowest BCUT2D eigenvalue weighted by molar-refractivity contribution is 0.688. The van der Waals surface area contributed by atoms with Crippen molar-refractivity contribution in [3.8, 4) is 0 Å². The lowest BCUT2D eigenvalue weighted by atomic mass is 10.2. The summed E-state index contributed by atoms with van der Waals surface area (Å²) in [6.45, 7) is 5.69. The van der Waals surface area contributed by atoms with Gasteiger partial charge in [-0.2, -0.15) is 10.2 Å². The second kappa shape index (κ2) is 4.27. The molecule has 0 spiro atoms. The maximum absolute atomic E-state index is 3.97. The molecule has 0 fully saturated rings. The van der Waals surface area contributed by atoms with Gasteiger partial charge in [0.1, 0.15) is 0 Å². The number of hydrogen-bond donors (Lipinski definition) is 3. The molecule has 0 bridgehead atoms. The average molecular weight is 205 g/mol. The number of rotatable bonds is 4. The molecule has 2 heterocycles. The first kappa shape index (κ1) is 9.92. The molecule has 0 radical (unpaired) electrons. The minimum Gasteiger partial charge on any atom is -0.308 e. The third kappa shape index (κ3) is 2.24. The quantitative estimate of drug-likeness (QED) is 0.698. The SMILES string of the molecule is Cc1[nH]ncc1CNCc1cn[nH]c1C. The second-order valence-corrected chi connectivity index (χ2v) is 3.64. The molecule has 2 aromatic heterocycles. The van der Waals surface area contributed by atoms with Crippen LogP contribution in [-0.4, -0.2) is 20.4 Å². The maximum atomic E-state index is 3.97. The molecular formula is C10H15N5. The molecule has 0 saturated heterocycles. The fourth-order valence-electron chi connectivity index (χ4n) is 1.44. The van der Waals surface area contributed by atoms with Crippen LogP contribution in [-0.2, 0) is 13.1 Å². The highest BCUT2D eigenvalue weighted by molar-refractivity contribution is 5.16. The molecule has 2 rings (SSSR count). The van der Waals surface area contributed by atoms with E-state index in [-0.39, 0.29) is 0 Å². The monoisotopic (exact) mass is 205 g/mol. The van der Waals surface area contributed by atoms with Crippen LogP contribution in [0, 0.1) is 13.8 Å². The molecule has 0 aliphatic rings. The smallest absolute Gasteiger partial charge is 0.0535 e. The van der Waals surface area contributed by atoms with E-state index in [0.29, 0.717) is 0 Å². The van der Waals surface area contributed by atoms with Gasteiger partial charge < -0.3 is 5.32 Å². The first-order valence-corrected chi connectivity index (χ1v) is 4.96. The van der Waals surface area contributed by atoms with E-state index in [2.05, 4.69) is 25.7 Å². The lowest BCUT2D eigenvalue weighted by Crippen LogP contribution is -2.13. The van der Waals surface area contributed by atoms with Crippen molar-refractivity contribution in [2.45, 2.75) is 26.9 Å². The van der Waals surface area contributed by atoms with Crippen LogP contribution < -0.4 is 5.32 Å². The Balaban J connectivity index is 1.86. The first-order chi connectivity index (χ1) is 7.27. The van der Waals surface area contributed by atoms with Crippen LogP contribution in [0.2, 0.25) is 0 Å². The Kier molecular flexibility index (Phi) is 2.82. The zero-order valence-corrected chi connectivity index (χ0v) is 8.96.